The first-order valence-corrected chi connectivity index (χ1v) is 7.96. The maximum Gasteiger partial charge on any atom is 0.416 e. The minimum Gasteiger partial charge on any atom is -0.346 e. The number of halogens is 3. The van der Waals surface area contributed by atoms with E-state index in [9.17, 15) is 18.0 Å². The fourth-order valence-electron chi connectivity index (χ4n) is 2.66. The van der Waals surface area contributed by atoms with E-state index >= 15 is 0 Å². The van der Waals surface area contributed by atoms with Crippen LogP contribution < -0.4 is 10.2 Å². The van der Waals surface area contributed by atoms with Gasteiger partial charge in [-0.3, -0.25) is 4.79 Å². The summed E-state index contributed by atoms with van der Waals surface area (Å²) in [6.07, 6.45) is -0.667. The molecule has 0 unspecified atom stereocenters. The van der Waals surface area contributed by atoms with Crippen molar-refractivity contribution in [3.05, 3.63) is 53.3 Å². The summed E-state index contributed by atoms with van der Waals surface area (Å²) >= 11 is 0. The van der Waals surface area contributed by atoms with E-state index < -0.39 is 17.6 Å². The minimum absolute atomic E-state index is 0.0383. The van der Waals surface area contributed by atoms with E-state index in [0.717, 1.165) is 38.1 Å². The molecular weight excluding hydrogens is 333 g/mol. The van der Waals surface area contributed by atoms with Crippen molar-refractivity contribution in [3.8, 4) is 0 Å². The van der Waals surface area contributed by atoms with Crippen LogP contribution in [0.25, 0.3) is 0 Å². The molecular formula is C17H17F3N4O. The number of hydrogen-bond acceptors (Lipinski definition) is 4. The van der Waals surface area contributed by atoms with Gasteiger partial charge in [-0.2, -0.15) is 13.2 Å². The number of amides is 1. The zero-order valence-corrected chi connectivity index (χ0v) is 13.4. The second-order valence-corrected chi connectivity index (χ2v) is 5.80. The van der Waals surface area contributed by atoms with E-state index in [2.05, 4.69) is 20.2 Å². The number of rotatable bonds is 4. The van der Waals surface area contributed by atoms with Crippen molar-refractivity contribution in [3.63, 3.8) is 0 Å². The summed E-state index contributed by atoms with van der Waals surface area (Å²) in [6.45, 7) is 1.93. The van der Waals surface area contributed by atoms with E-state index in [4.69, 9.17) is 0 Å². The highest BCUT2D eigenvalue weighted by molar-refractivity contribution is 5.94. The van der Waals surface area contributed by atoms with Crippen molar-refractivity contribution in [1.82, 2.24) is 15.3 Å². The van der Waals surface area contributed by atoms with Crippen molar-refractivity contribution in [2.24, 2.45) is 0 Å². The number of carbonyl (C=O) groups excluding carboxylic acids is 1. The molecule has 1 aliphatic rings. The summed E-state index contributed by atoms with van der Waals surface area (Å²) in [5, 5.41) is 2.60. The van der Waals surface area contributed by atoms with Gasteiger partial charge in [0.15, 0.2) is 0 Å². The van der Waals surface area contributed by atoms with Crippen LogP contribution in [-0.2, 0) is 12.7 Å². The van der Waals surface area contributed by atoms with Gasteiger partial charge < -0.3 is 10.2 Å². The van der Waals surface area contributed by atoms with Gasteiger partial charge >= 0.3 is 6.18 Å². The number of alkyl halides is 3. The average Bonchev–Trinajstić information content (AvgIpc) is 3.14. The van der Waals surface area contributed by atoms with Gasteiger partial charge in [-0.1, -0.05) is 6.07 Å². The Hall–Kier alpha value is -2.64. The smallest absolute Gasteiger partial charge is 0.346 e. The van der Waals surface area contributed by atoms with Gasteiger partial charge in [0.2, 0.25) is 5.95 Å². The van der Waals surface area contributed by atoms with Gasteiger partial charge in [0.25, 0.3) is 5.91 Å². The second-order valence-electron chi connectivity index (χ2n) is 5.80. The molecule has 1 fully saturated rings. The Morgan fingerprint density at radius 3 is 2.68 bits per heavy atom. The molecule has 0 aliphatic carbocycles. The lowest BCUT2D eigenvalue weighted by atomic mass is 10.1. The standard InChI is InChI=1S/C17H17F3N4O/c18-17(19,20)13-5-3-4-12(10-13)15(25)22-11-14-6-7-21-16(23-14)24-8-1-2-9-24/h3-7,10H,1-2,8-9,11H2,(H,22,25). The van der Waals surface area contributed by atoms with Crippen LogP contribution in [0.3, 0.4) is 0 Å². The summed E-state index contributed by atoms with van der Waals surface area (Å²) in [7, 11) is 0. The van der Waals surface area contributed by atoms with Crippen molar-refractivity contribution in [2.45, 2.75) is 25.6 Å². The van der Waals surface area contributed by atoms with Crippen molar-refractivity contribution in [2.75, 3.05) is 18.0 Å². The summed E-state index contributed by atoms with van der Waals surface area (Å²) in [5.74, 6) is 0.0377. The Kier molecular flexibility index (Phi) is 4.87. The van der Waals surface area contributed by atoms with Crippen LogP contribution in [0.15, 0.2) is 36.5 Å². The minimum atomic E-state index is -4.48. The average molecular weight is 350 g/mol. The van der Waals surface area contributed by atoms with E-state index in [1.54, 1.807) is 12.3 Å². The highest BCUT2D eigenvalue weighted by atomic mass is 19.4. The van der Waals surface area contributed by atoms with Crippen LogP contribution in [0.2, 0.25) is 0 Å². The third kappa shape index (κ3) is 4.26. The number of benzene rings is 1. The maximum absolute atomic E-state index is 12.7. The third-order valence-corrected chi connectivity index (χ3v) is 3.97. The number of carbonyl (C=O) groups is 1. The predicted octanol–water partition coefficient (Wildman–Crippen LogP) is 3.03. The number of aromatic nitrogens is 2. The summed E-state index contributed by atoms with van der Waals surface area (Å²) < 4.78 is 38.2. The largest absolute Gasteiger partial charge is 0.416 e. The molecule has 0 bridgehead atoms. The topological polar surface area (TPSA) is 58.1 Å². The molecule has 1 saturated heterocycles. The Morgan fingerprint density at radius 2 is 1.96 bits per heavy atom. The first-order valence-electron chi connectivity index (χ1n) is 7.96. The quantitative estimate of drug-likeness (QED) is 0.921. The van der Waals surface area contributed by atoms with Crippen molar-refractivity contribution < 1.29 is 18.0 Å². The number of nitrogens with zero attached hydrogens (tertiary/aromatic N) is 3. The third-order valence-electron chi connectivity index (χ3n) is 3.97. The van der Waals surface area contributed by atoms with Crippen LogP contribution >= 0.6 is 0 Å². The lowest BCUT2D eigenvalue weighted by Crippen LogP contribution is -2.25. The van der Waals surface area contributed by atoms with E-state index in [1.165, 1.54) is 12.1 Å². The normalized spacial score (nSPS) is 14.6. The molecule has 3 rings (SSSR count). The van der Waals surface area contributed by atoms with Gasteiger partial charge in [0.05, 0.1) is 17.8 Å². The first-order chi connectivity index (χ1) is 11.9. The fraction of sp³-hybridized carbons (Fsp3) is 0.353. The molecule has 8 heteroatoms. The highest BCUT2D eigenvalue weighted by Crippen LogP contribution is 2.29. The zero-order chi connectivity index (χ0) is 17.9. The first kappa shape index (κ1) is 17.2. The number of anilines is 1. The van der Waals surface area contributed by atoms with Crippen LogP contribution in [0.1, 0.15) is 34.5 Å². The Morgan fingerprint density at radius 1 is 1.20 bits per heavy atom. The predicted molar refractivity (Wildman–Crippen MR) is 86.1 cm³/mol. The van der Waals surface area contributed by atoms with Gasteiger partial charge in [-0.05, 0) is 37.1 Å². The molecule has 0 spiro atoms. The summed E-state index contributed by atoms with van der Waals surface area (Å²) in [4.78, 5) is 22.8. The van der Waals surface area contributed by atoms with Crippen LogP contribution in [0.4, 0.5) is 19.1 Å². The van der Waals surface area contributed by atoms with Crippen LogP contribution in [0.5, 0.6) is 0 Å². The molecule has 5 nitrogen and oxygen atoms in total. The summed E-state index contributed by atoms with van der Waals surface area (Å²) in [6, 6.07) is 6.01. The fourth-order valence-corrected chi connectivity index (χ4v) is 2.66. The number of hydrogen-bond donors (Lipinski definition) is 1. The van der Waals surface area contributed by atoms with Gasteiger partial charge in [-0.25, -0.2) is 9.97 Å². The molecule has 1 aromatic carbocycles. The van der Waals surface area contributed by atoms with E-state index in [0.29, 0.717) is 11.6 Å². The van der Waals surface area contributed by atoms with Crippen LogP contribution in [-0.4, -0.2) is 29.0 Å². The molecule has 132 valence electrons. The Bertz CT molecular complexity index is 758. The van der Waals surface area contributed by atoms with Crippen molar-refractivity contribution in [1.29, 1.82) is 0 Å². The molecule has 2 heterocycles. The molecule has 0 radical (unpaired) electrons. The number of nitrogens with one attached hydrogen (secondary N) is 1. The molecule has 25 heavy (non-hydrogen) atoms. The molecule has 0 atom stereocenters. The molecule has 1 aromatic heterocycles. The van der Waals surface area contributed by atoms with Gasteiger partial charge in [0, 0.05) is 24.8 Å². The Labute approximate surface area is 142 Å². The molecule has 1 N–H and O–H groups in total. The lowest BCUT2D eigenvalue weighted by Gasteiger charge is -2.15. The van der Waals surface area contributed by atoms with Gasteiger partial charge in [0.1, 0.15) is 0 Å². The van der Waals surface area contributed by atoms with E-state index in [-0.39, 0.29) is 12.1 Å². The molecule has 0 saturated carbocycles. The van der Waals surface area contributed by atoms with Gasteiger partial charge in [-0.15, -0.1) is 0 Å². The zero-order valence-electron chi connectivity index (χ0n) is 13.4. The molecule has 1 aliphatic heterocycles. The summed E-state index contributed by atoms with van der Waals surface area (Å²) in [5.41, 5.74) is -0.278. The monoisotopic (exact) mass is 350 g/mol. The molecule has 2 aromatic rings. The Balaban J connectivity index is 1.65. The highest BCUT2D eigenvalue weighted by Gasteiger charge is 2.30. The molecule has 1 amide bonds. The van der Waals surface area contributed by atoms with Crippen molar-refractivity contribution >= 4 is 11.9 Å². The maximum atomic E-state index is 12.7. The van der Waals surface area contributed by atoms with E-state index in [1.807, 2.05) is 0 Å². The van der Waals surface area contributed by atoms with Crippen LogP contribution in [0, 0.1) is 0 Å². The SMILES string of the molecule is O=C(NCc1ccnc(N2CCCC2)n1)c1cccc(C(F)(F)F)c1. The second kappa shape index (κ2) is 7.08. The lowest BCUT2D eigenvalue weighted by molar-refractivity contribution is -0.137.